The second-order valence-corrected chi connectivity index (χ2v) is 6.64. The van der Waals surface area contributed by atoms with Crippen molar-refractivity contribution in [3.05, 3.63) is 24.3 Å². The lowest BCUT2D eigenvalue weighted by molar-refractivity contribution is -0.122. The molecule has 1 aliphatic rings. The standard InChI is InChI=1S/C18H32N8O2/c1-5-6-20-18(21-13-16-23-22-15(2)24(16)3)26-10-8-25(9-11-26)14-17(27)19-7-12-28-4/h5H,1,6-14H2,2-4H3,(H,19,27)(H,20,21). The number of methoxy groups -OCH3 is 1. The van der Waals surface area contributed by atoms with E-state index in [1.165, 1.54) is 0 Å². The van der Waals surface area contributed by atoms with Crippen molar-refractivity contribution in [1.29, 1.82) is 0 Å². The Morgan fingerprint density at radius 3 is 2.64 bits per heavy atom. The van der Waals surface area contributed by atoms with Crippen LogP contribution in [0, 0.1) is 6.92 Å². The van der Waals surface area contributed by atoms with Gasteiger partial charge < -0.3 is 24.8 Å². The van der Waals surface area contributed by atoms with Crippen molar-refractivity contribution in [2.45, 2.75) is 13.5 Å². The summed E-state index contributed by atoms with van der Waals surface area (Å²) in [4.78, 5) is 21.0. The van der Waals surface area contributed by atoms with E-state index in [1.54, 1.807) is 7.11 Å². The lowest BCUT2D eigenvalue weighted by Crippen LogP contribution is -2.54. The van der Waals surface area contributed by atoms with Gasteiger partial charge in [0.1, 0.15) is 12.4 Å². The fourth-order valence-corrected chi connectivity index (χ4v) is 2.83. The smallest absolute Gasteiger partial charge is 0.234 e. The van der Waals surface area contributed by atoms with Gasteiger partial charge in [-0.25, -0.2) is 4.99 Å². The number of carbonyl (C=O) groups is 1. The van der Waals surface area contributed by atoms with Gasteiger partial charge in [0.15, 0.2) is 11.8 Å². The monoisotopic (exact) mass is 392 g/mol. The van der Waals surface area contributed by atoms with Gasteiger partial charge in [0.2, 0.25) is 5.91 Å². The lowest BCUT2D eigenvalue weighted by atomic mass is 10.3. The van der Waals surface area contributed by atoms with Crippen molar-refractivity contribution in [2.24, 2.45) is 12.0 Å². The molecule has 1 saturated heterocycles. The number of carbonyl (C=O) groups excluding carboxylic acids is 1. The summed E-state index contributed by atoms with van der Waals surface area (Å²) in [5.74, 6) is 2.54. The van der Waals surface area contributed by atoms with Gasteiger partial charge in [-0.05, 0) is 6.92 Å². The van der Waals surface area contributed by atoms with E-state index in [2.05, 4.69) is 37.2 Å². The molecule has 0 saturated carbocycles. The van der Waals surface area contributed by atoms with Crippen LogP contribution in [0.15, 0.2) is 17.6 Å². The summed E-state index contributed by atoms with van der Waals surface area (Å²) in [6.45, 7) is 11.4. The maximum absolute atomic E-state index is 12.0. The molecule has 0 aromatic carbocycles. The van der Waals surface area contributed by atoms with Crippen LogP contribution in [-0.2, 0) is 23.1 Å². The number of nitrogens with zero attached hydrogens (tertiary/aromatic N) is 6. The second-order valence-electron chi connectivity index (χ2n) is 6.64. The van der Waals surface area contributed by atoms with Gasteiger partial charge >= 0.3 is 0 Å². The van der Waals surface area contributed by atoms with E-state index in [-0.39, 0.29) is 5.91 Å². The summed E-state index contributed by atoms with van der Waals surface area (Å²) in [6, 6.07) is 0. The van der Waals surface area contributed by atoms with Crippen LogP contribution in [-0.4, -0.2) is 96.0 Å². The first-order valence-electron chi connectivity index (χ1n) is 9.52. The van der Waals surface area contributed by atoms with E-state index in [9.17, 15) is 4.79 Å². The minimum atomic E-state index is 0.0295. The Balaban J connectivity index is 1.88. The van der Waals surface area contributed by atoms with Crippen LogP contribution in [0.2, 0.25) is 0 Å². The third-order valence-electron chi connectivity index (χ3n) is 4.62. The number of hydrogen-bond donors (Lipinski definition) is 2. The molecule has 156 valence electrons. The topological polar surface area (TPSA) is 99.9 Å². The Kier molecular flexibility index (Phi) is 8.89. The number of aryl methyl sites for hydroxylation is 1. The highest BCUT2D eigenvalue weighted by Gasteiger charge is 2.21. The summed E-state index contributed by atoms with van der Waals surface area (Å²) >= 11 is 0. The molecule has 2 rings (SSSR count). The molecule has 0 bridgehead atoms. The number of ether oxygens (including phenoxy) is 1. The van der Waals surface area contributed by atoms with Crippen molar-refractivity contribution < 1.29 is 9.53 Å². The molecule has 2 N–H and O–H groups in total. The Labute approximate surface area is 166 Å². The number of rotatable bonds is 9. The lowest BCUT2D eigenvalue weighted by Gasteiger charge is -2.36. The van der Waals surface area contributed by atoms with Gasteiger partial charge in [-0.1, -0.05) is 6.08 Å². The first kappa shape index (κ1) is 21.8. The fourth-order valence-electron chi connectivity index (χ4n) is 2.83. The maximum Gasteiger partial charge on any atom is 0.234 e. The Bertz CT molecular complexity index is 665. The number of nitrogens with one attached hydrogen (secondary N) is 2. The minimum absolute atomic E-state index is 0.0295. The zero-order valence-electron chi connectivity index (χ0n) is 17.1. The van der Waals surface area contributed by atoms with E-state index in [1.807, 2.05) is 24.6 Å². The largest absolute Gasteiger partial charge is 0.383 e. The number of aliphatic imine (C=N–C) groups is 1. The highest BCUT2D eigenvalue weighted by Crippen LogP contribution is 2.05. The van der Waals surface area contributed by atoms with Crippen molar-refractivity contribution in [3.63, 3.8) is 0 Å². The molecule has 0 unspecified atom stereocenters. The van der Waals surface area contributed by atoms with Gasteiger partial charge in [-0.2, -0.15) is 0 Å². The van der Waals surface area contributed by atoms with Crippen LogP contribution in [0.5, 0.6) is 0 Å². The molecular formula is C18H32N8O2. The van der Waals surface area contributed by atoms with Gasteiger partial charge in [0.05, 0.1) is 13.2 Å². The first-order chi connectivity index (χ1) is 13.5. The number of hydrogen-bond acceptors (Lipinski definition) is 6. The number of piperazine rings is 1. The van der Waals surface area contributed by atoms with Crippen LogP contribution < -0.4 is 10.6 Å². The molecular weight excluding hydrogens is 360 g/mol. The highest BCUT2D eigenvalue weighted by molar-refractivity contribution is 5.80. The highest BCUT2D eigenvalue weighted by atomic mass is 16.5. The first-order valence-corrected chi connectivity index (χ1v) is 9.52. The maximum atomic E-state index is 12.0. The summed E-state index contributed by atoms with van der Waals surface area (Å²) < 4.78 is 6.89. The summed E-state index contributed by atoms with van der Waals surface area (Å²) in [5.41, 5.74) is 0. The van der Waals surface area contributed by atoms with Crippen molar-refractivity contribution in [1.82, 2.24) is 35.2 Å². The molecule has 10 nitrogen and oxygen atoms in total. The molecule has 1 aromatic heterocycles. The third kappa shape index (κ3) is 6.61. The predicted molar refractivity (Wildman–Crippen MR) is 108 cm³/mol. The molecule has 28 heavy (non-hydrogen) atoms. The van der Waals surface area contributed by atoms with Crippen molar-refractivity contribution in [3.8, 4) is 0 Å². The Hall–Kier alpha value is -2.46. The molecule has 1 amide bonds. The fraction of sp³-hybridized carbons (Fsp3) is 0.667. The molecule has 2 heterocycles. The zero-order chi connectivity index (χ0) is 20.4. The zero-order valence-corrected chi connectivity index (χ0v) is 17.1. The van der Waals surface area contributed by atoms with Crippen LogP contribution in [0.25, 0.3) is 0 Å². The van der Waals surface area contributed by atoms with Crippen LogP contribution >= 0.6 is 0 Å². The summed E-state index contributed by atoms with van der Waals surface area (Å²) in [6.07, 6.45) is 1.81. The van der Waals surface area contributed by atoms with E-state index in [0.717, 1.165) is 43.8 Å². The molecule has 0 atom stereocenters. The number of aromatic nitrogens is 3. The van der Waals surface area contributed by atoms with Gasteiger partial charge in [-0.3, -0.25) is 9.69 Å². The van der Waals surface area contributed by atoms with Gasteiger partial charge in [0.25, 0.3) is 0 Å². The SMILES string of the molecule is C=CCNC(=NCc1nnc(C)n1C)N1CCN(CC(=O)NCCOC)CC1. The summed E-state index contributed by atoms with van der Waals surface area (Å²) in [7, 11) is 3.56. The normalized spacial score (nSPS) is 15.5. The van der Waals surface area contributed by atoms with Gasteiger partial charge in [0, 0.05) is 53.4 Å². The number of amides is 1. The molecule has 1 aliphatic heterocycles. The van der Waals surface area contributed by atoms with Crippen LogP contribution in [0.1, 0.15) is 11.6 Å². The van der Waals surface area contributed by atoms with Crippen molar-refractivity contribution >= 4 is 11.9 Å². The molecule has 0 spiro atoms. The average Bonchev–Trinajstić information content (AvgIpc) is 3.01. The van der Waals surface area contributed by atoms with E-state index < -0.39 is 0 Å². The Morgan fingerprint density at radius 2 is 2.04 bits per heavy atom. The van der Waals surface area contributed by atoms with E-state index in [4.69, 9.17) is 9.73 Å². The Morgan fingerprint density at radius 1 is 1.29 bits per heavy atom. The average molecular weight is 393 g/mol. The molecule has 1 fully saturated rings. The van der Waals surface area contributed by atoms with Gasteiger partial charge in [-0.15, -0.1) is 16.8 Å². The molecule has 0 aliphatic carbocycles. The molecule has 1 aromatic rings. The quantitative estimate of drug-likeness (QED) is 0.244. The third-order valence-corrected chi connectivity index (χ3v) is 4.62. The van der Waals surface area contributed by atoms with E-state index in [0.29, 0.717) is 32.8 Å². The molecule has 0 radical (unpaired) electrons. The van der Waals surface area contributed by atoms with Crippen LogP contribution in [0.3, 0.4) is 0 Å². The number of guanidine groups is 1. The van der Waals surface area contributed by atoms with E-state index >= 15 is 0 Å². The van der Waals surface area contributed by atoms with Crippen LogP contribution in [0.4, 0.5) is 0 Å². The second kappa shape index (κ2) is 11.4. The predicted octanol–water partition coefficient (Wildman–Crippen LogP) is -0.865. The summed E-state index contributed by atoms with van der Waals surface area (Å²) in [5, 5.41) is 14.4. The van der Waals surface area contributed by atoms with Crippen molar-refractivity contribution in [2.75, 3.05) is 59.5 Å². The minimum Gasteiger partial charge on any atom is -0.383 e. The molecule has 10 heteroatoms.